The largest absolute Gasteiger partial charge is 0.381 e. The van der Waals surface area contributed by atoms with Crippen molar-refractivity contribution < 1.29 is 4.74 Å². The van der Waals surface area contributed by atoms with Crippen LogP contribution >= 0.6 is 0 Å². The summed E-state index contributed by atoms with van der Waals surface area (Å²) in [6.45, 7) is 5.97. The summed E-state index contributed by atoms with van der Waals surface area (Å²) in [6, 6.07) is 0.487. The molecule has 1 fully saturated rings. The van der Waals surface area contributed by atoms with Gasteiger partial charge in [0.1, 0.15) is 0 Å². The minimum absolute atomic E-state index is 0.242. The van der Waals surface area contributed by atoms with E-state index >= 15 is 0 Å². The molecule has 1 aromatic rings. The molecule has 1 unspecified atom stereocenters. The highest BCUT2D eigenvalue weighted by Gasteiger charge is 2.28. The molecular formula is C13H22N4O. The van der Waals surface area contributed by atoms with E-state index in [0.29, 0.717) is 6.04 Å². The Morgan fingerprint density at radius 1 is 1.50 bits per heavy atom. The number of aromatic amines is 1. The first-order valence-electron chi connectivity index (χ1n) is 6.82. The van der Waals surface area contributed by atoms with Gasteiger partial charge in [-0.1, -0.05) is 0 Å². The maximum Gasteiger partial charge on any atom is 0.0925 e. The van der Waals surface area contributed by atoms with Gasteiger partial charge in [0.05, 0.1) is 17.7 Å². The molecule has 0 bridgehead atoms. The first-order chi connectivity index (χ1) is 8.75. The number of fused-ring (bicyclic) bond motifs is 1. The van der Waals surface area contributed by atoms with E-state index in [0.717, 1.165) is 45.6 Å². The Morgan fingerprint density at radius 3 is 3.17 bits per heavy atom. The van der Waals surface area contributed by atoms with Gasteiger partial charge in [-0.15, -0.1) is 0 Å². The molecule has 0 radical (unpaired) electrons. The lowest BCUT2D eigenvalue weighted by Gasteiger charge is -2.36. The van der Waals surface area contributed by atoms with Gasteiger partial charge in [0.15, 0.2) is 0 Å². The summed E-state index contributed by atoms with van der Waals surface area (Å²) in [6.07, 6.45) is 5.01. The van der Waals surface area contributed by atoms with Crippen LogP contribution in [0.15, 0.2) is 6.33 Å². The lowest BCUT2D eigenvalue weighted by Crippen LogP contribution is -2.52. The smallest absolute Gasteiger partial charge is 0.0925 e. The molecule has 3 rings (SSSR count). The predicted molar refractivity (Wildman–Crippen MR) is 69.4 cm³/mol. The summed E-state index contributed by atoms with van der Waals surface area (Å²) in [5.41, 5.74) is 2.70. The number of hydrogen-bond acceptors (Lipinski definition) is 4. The van der Waals surface area contributed by atoms with Gasteiger partial charge < -0.3 is 20.4 Å². The van der Waals surface area contributed by atoms with Gasteiger partial charge in [-0.3, -0.25) is 0 Å². The van der Waals surface area contributed by atoms with E-state index in [1.165, 1.54) is 11.4 Å². The fourth-order valence-corrected chi connectivity index (χ4v) is 2.74. The van der Waals surface area contributed by atoms with E-state index in [-0.39, 0.29) is 5.54 Å². The van der Waals surface area contributed by atoms with Crippen molar-refractivity contribution >= 4 is 0 Å². The molecule has 18 heavy (non-hydrogen) atoms. The van der Waals surface area contributed by atoms with E-state index in [1.807, 2.05) is 0 Å². The molecule has 1 atom stereocenters. The molecule has 0 saturated carbocycles. The van der Waals surface area contributed by atoms with Gasteiger partial charge in [0, 0.05) is 44.3 Å². The molecule has 3 N–H and O–H groups in total. The van der Waals surface area contributed by atoms with E-state index in [4.69, 9.17) is 4.74 Å². The highest BCUT2D eigenvalue weighted by Crippen LogP contribution is 2.20. The number of imidazole rings is 1. The highest BCUT2D eigenvalue weighted by molar-refractivity contribution is 5.16. The number of nitrogens with one attached hydrogen (secondary N) is 3. The summed E-state index contributed by atoms with van der Waals surface area (Å²) in [5, 5.41) is 7.26. The molecule has 5 nitrogen and oxygen atoms in total. The fourth-order valence-electron chi connectivity index (χ4n) is 2.74. The van der Waals surface area contributed by atoms with Crippen molar-refractivity contribution in [3.63, 3.8) is 0 Å². The van der Waals surface area contributed by atoms with E-state index in [1.54, 1.807) is 6.33 Å². The highest BCUT2D eigenvalue weighted by atomic mass is 16.5. The van der Waals surface area contributed by atoms with Crippen LogP contribution in [-0.4, -0.2) is 41.3 Å². The SMILES string of the molecule is CC1(NCC2Cc3nc[nH]c3CN2)CCOCC1. The lowest BCUT2D eigenvalue weighted by molar-refractivity contribution is 0.0443. The molecule has 0 aliphatic carbocycles. The van der Waals surface area contributed by atoms with Crippen LogP contribution in [-0.2, 0) is 17.7 Å². The Kier molecular flexibility index (Phi) is 3.37. The Labute approximate surface area is 108 Å². The zero-order valence-electron chi connectivity index (χ0n) is 11.0. The van der Waals surface area contributed by atoms with Crippen molar-refractivity contribution in [2.24, 2.45) is 0 Å². The standard InChI is InChI=1S/C13H22N4O/c1-13(2-4-18-5-3-13)17-7-10-6-11-12(8-14-10)16-9-15-11/h9-10,14,17H,2-8H2,1H3,(H,15,16). The summed E-state index contributed by atoms with van der Waals surface area (Å²) < 4.78 is 5.42. The van der Waals surface area contributed by atoms with Crippen molar-refractivity contribution in [2.45, 2.75) is 44.3 Å². The minimum Gasteiger partial charge on any atom is -0.381 e. The Morgan fingerprint density at radius 2 is 2.33 bits per heavy atom. The van der Waals surface area contributed by atoms with Crippen LogP contribution in [0.5, 0.6) is 0 Å². The summed E-state index contributed by atoms with van der Waals surface area (Å²) in [7, 11) is 0. The zero-order chi connectivity index (χ0) is 12.4. The maximum atomic E-state index is 5.42. The summed E-state index contributed by atoms with van der Waals surface area (Å²) in [5.74, 6) is 0. The molecule has 5 heteroatoms. The number of H-pyrrole nitrogens is 1. The predicted octanol–water partition coefficient (Wildman–Crippen LogP) is 0.583. The van der Waals surface area contributed by atoms with Crippen LogP contribution < -0.4 is 10.6 Å². The maximum absolute atomic E-state index is 5.42. The average molecular weight is 250 g/mol. The molecular weight excluding hydrogens is 228 g/mol. The molecule has 1 saturated heterocycles. The first-order valence-corrected chi connectivity index (χ1v) is 6.82. The first kappa shape index (κ1) is 12.1. The molecule has 0 spiro atoms. The summed E-state index contributed by atoms with van der Waals surface area (Å²) in [4.78, 5) is 7.56. The monoisotopic (exact) mass is 250 g/mol. The third kappa shape index (κ3) is 2.58. The Hall–Kier alpha value is -0.910. The van der Waals surface area contributed by atoms with Crippen molar-refractivity contribution in [3.8, 4) is 0 Å². The van der Waals surface area contributed by atoms with Crippen LogP contribution in [0.3, 0.4) is 0 Å². The molecule has 0 aromatic carbocycles. The second-order valence-electron chi connectivity index (χ2n) is 5.66. The number of ether oxygens (including phenoxy) is 1. The van der Waals surface area contributed by atoms with Crippen molar-refractivity contribution in [3.05, 3.63) is 17.7 Å². The van der Waals surface area contributed by atoms with Crippen LogP contribution in [0.4, 0.5) is 0 Å². The van der Waals surface area contributed by atoms with Crippen LogP contribution in [0.25, 0.3) is 0 Å². The molecule has 3 heterocycles. The van der Waals surface area contributed by atoms with Gasteiger partial charge in [-0.25, -0.2) is 4.98 Å². The fraction of sp³-hybridized carbons (Fsp3) is 0.769. The molecule has 2 aliphatic rings. The quantitative estimate of drug-likeness (QED) is 0.734. The number of rotatable bonds is 3. The lowest BCUT2D eigenvalue weighted by atomic mass is 9.92. The number of hydrogen-bond donors (Lipinski definition) is 3. The van der Waals surface area contributed by atoms with E-state index in [9.17, 15) is 0 Å². The molecule has 100 valence electrons. The third-order valence-corrected chi connectivity index (χ3v) is 4.19. The number of nitrogens with zero attached hydrogens (tertiary/aromatic N) is 1. The topological polar surface area (TPSA) is 62.0 Å². The number of aromatic nitrogens is 2. The van der Waals surface area contributed by atoms with Gasteiger partial charge >= 0.3 is 0 Å². The Balaban J connectivity index is 1.52. The van der Waals surface area contributed by atoms with Crippen LogP contribution in [0.1, 0.15) is 31.2 Å². The van der Waals surface area contributed by atoms with Crippen molar-refractivity contribution in [1.82, 2.24) is 20.6 Å². The molecule has 2 aliphatic heterocycles. The van der Waals surface area contributed by atoms with E-state index in [2.05, 4.69) is 27.5 Å². The average Bonchev–Trinajstić information content (AvgIpc) is 2.85. The van der Waals surface area contributed by atoms with Gasteiger partial charge in [0.25, 0.3) is 0 Å². The van der Waals surface area contributed by atoms with Crippen LogP contribution in [0, 0.1) is 0 Å². The Bertz CT molecular complexity index is 397. The molecule has 0 amide bonds. The molecule has 1 aromatic heterocycles. The van der Waals surface area contributed by atoms with Crippen LogP contribution in [0.2, 0.25) is 0 Å². The van der Waals surface area contributed by atoms with Crippen molar-refractivity contribution in [1.29, 1.82) is 0 Å². The van der Waals surface area contributed by atoms with E-state index < -0.39 is 0 Å². The van der Waals surface area contributed by atoms with Gasteiger partial charge in [0.2, 0.25) is 0 Å². The zero-order valence-corrected chi connectivity index (χ0v) is 11.0. The summed E-state index contributed by atoms with van der Waals surface area (Å²) >= 11 is 0. The normalized spacial score (nSPS) is 26.8. The van der Waals surface area contributed by atoms with Gasteiger partial charge in [-0.2, -0.15) is 0 Å². The van der Waals surface area contributed by atoms with Gasteiger partial charge in [-0.05, 0) is 19.8 Å². The minimum atomic E-state index is 0.242. The van der Waals surface area contributed by atoms with Crippen molar-refractivity contribution in [2.75, 3.05) is 19.8 Å². The second kappa shape index (κ2) is 4.99. The third-order valence-electron chi connectivity index (χ3n) is 4.19. The second-order valence-corrected chi connectivity index (χ2v) is 5.66.